The summed E-state index contributed by atoms with van der Waals surface area (Å²) in [6, 6.07) is 0.163. The van der Waals surface area contributed by atoms with Gasteiger partial charge >= 0.3 is 0 Å². The Morgan fingerprint density at radius 1 is 1.64 bits per heavy atom. The highest BCUT2D eigenvalue weighted by molar-refractivity contribution is 4.79. The molecule has 0 radical (unpaired) electrons. The average Bonchev–Trinajstić information content (AvgIpc) is 2.74. The molecule has 1 aliphatic carbocycles. The minimum absolute atomic E-state index is 0.163. The quantitative estimate of drug-likeness (QED) is 0.575. The molecule has 1 fully saturated rings. The van der Waals surface area contributed by atoms with E-state index >= 15 is 0 Å². The molecule has 1 unspecified atom stereocenters. The van der Waals surface area contributed by atoms with Crippen LogP contribution in [0.4, 0.5) is 0 Å². The number of aliphatic hydroxyl groups is 1. The molecule has 0 aromatic carbocycles. The summed E-state index contributed by atoms with van der Waals surface area (Å²) in [5.74, 6) is 0.876. The van der Waals surface area contributed by atoms with Crippen molar-refractivity contribution >= 4 is 0 Å². The van der Waals surface area contributed by atoms with Crippen molar-refractivity contribution in [1.29, 1.82) is 0 Å². The Labute approximate surface area is 68.2 Å². The Balaban J connectivity index is 2.18. The summed E-state index contributed by atoms with van der Waals surface area (Å²) in [7, 11) is 2.03. The molecule has 0 amide bonds. The molecule has 0 aliphatic heterocycles. The van der Waals surface area contributed by atoms with E-state index in [1.54, 1.807) is 0 Å². The van der Waals surface area contributed by atoms with Gasteiger partial charge in [0.05, 0.1) is 6.61 Å². The van der Waals surface area contributed by atoms with Crippen LogP contribution in [0.1, 0.15) is 12.8 Å². The van der Waals surface area contributed by atoms with Crippen molar-refractivity contribution in [3.05, 3.63) is 0 Å². The summed E-state index contributed by atoms with van der Waals surface area (Å²) in [6.07, 6.45) is 2.71. The summed E-state index contributed by atoms with van der Waals surface area (Å²) in [6.45, 7) is 1.84. The van der Waals surface area contributed by atoms with Crippen LogP contribution in [0.5, 0.6) is 0 Å². The molecule has 11 heavy (non-hydrogen) atoms. The Hall–Kier alpha value is -0.120. The van der Waals surface area contributed by atoms with Gasteiger partial charge in [-0.3, -0.25) is 4.90 Å². The number of hydrogen-bond acceptors (Lipinski definition) is 3. The van der Waals surface area contributed by atoms with Crippen molar-refractivity contribution in [2.45, 2.75) is 18.9 Å². The van der Waals surface area contributed by atoms with Crippen molar-refractivity contribution in [2.24, 2.45) is 11.7 Å². The molecule has 0 aromatic heterocycles. The fourth-order valence-electron chi connectivity index (χ4n) is 1.25. The lowest BCUT2D eigenvalue weighted by Gasteiger charge is -2.24. The first-order chi connectivity index (χ1) is 5.27. The van der Waals surface area contributed by atoms with Crippen LogP contribution in [-0.2, 0) is 0 Å². The highest BCUT2D eigenvalue weighted by Gasteiger charge is 2.25. The third-order valence-corrected chi connectivity index (χ3v) is 2.35. The van der Waals surface area contributed by atoms with Gasteiger partial charge in [0, 0.05) is 19.1 Å². The van der Waals surface area contributed by atoms with E-state index in [4.69, 9.17) is 10.8 Å². The molecule has 66 valence electrons. The number of aliphatic hydroxyl groups excluding tert-OH is 1. The molecule has 0 saturated heterocycles. The zero-order valence-electron chi connectivity index (χ0n) is 7.16. The smallest absolute Gasteiger partial charge is 0.0599 e. The zero-order valence-corrected chi connectivity index (χ0v) is 7.16. The van der Waals surface area contributed by atoms with E-state index in [1.165, 1.54) is 12.8 Å². The van der Waals surface area contributed by atoms with Crippen LogP contribution in [0.25, 0.3) is 0 Å². The van der Waals surface area contributed by atoms with Gasteiger partial charge in [-0.05, 0) is 25.8 Å². The third kappa shape index (κ3) is 2.77. The second-order valence-corrected chi connectivity index (χ2v) is 3.46. The Bertz CT molecular complexity index is 111. The SMILES string of the molecule is CN(CC1CC1)C(CN)CO. The van der Waals surface area contributed by atoms with Crippen molar-refractivity contribution in [3.63, 3.8) is 0 Å². The Morgan fingerprint density at radius 3 is 2.64 bits per heavy atom. The maximum atomic E-state index is 8.91. The average molecular weight is 158 g/mol. The van der Waals surface area contributed by atoms with Crippen molar-refractivity contribution < 1.29 is 5.11 Å². The minimum Gasteiger partial charge on any atom is -0.395 e. The number of likely N-dealkylation sites (N-methyl/N-ethyl adjacent to an activating group) is 1. The van der Waals surface area contributed by atoms with Crippen LogP contribution in [0.3, 0.4) is 0 Å². The monoisotopic (exact) mass is 158 g/mol. The predicted molar refractivity (Wildman–Crippen MR) is 45.3 cm³/mol. The number of nitrogens with two attached hydrogens (primary N) is 1. The van der Waals surface area contributed by atoms with E-state index < -0.39 is 0 Å². The summed E-state index contributed by atoms with van der Waals surface area (Å²) in [5.41, 5.74) is 5.48. The molecule has 1 saturated carbocycles. The summed E-state index contributed by atoms with van der Waals surface area (Å²) in [5, 5.41) is 8.91. The molecule has 0 bridgehead atoms. The molecule has 3 nitrogen and oxygen atoms in total. The molecule has 0 spiro atoms. The van der Waals surface area contributed by atoms with Gasteiger partial charge in [-0.2, -0.15) is 0 Å². The van der Waals surface area contributed by atoms with E-state index in [-0.39, 0.29) is 12.6 Å². The van der Waals surface area contributed by atoms with E-state index in [2.05, 4.69) is 4.90 Å². The molecular weight excluding hydrogens is 140 g/mol. The molecule has 3 heteroatoms. The second kappa shape index (κ2) is 4.04. The van der Waals surface area contributed by atoms with Gasteiger partial charge in [0.2, 0.25) is 0 Å². The Kier molecular flexibility index (Phi) is 3.30. The molecule has 1 aliphatic rings. The van der Waals surface area contributed by atoms with Crippen LogP contribution < -0.4 is 5.73 Å². The molecule has 0 aromatic rings. The highest BCUT2D eigenvalue weighted by atomic mass is 16.3. The summed E-state index contributed by atoms with van der Waals surface area (Å²) in [4.78, 5) is 2.16. The first-order valence-corrected chi connectivity index (χ1v) is 4.29. The van der Waals surface area contributed by atoms with Crippen LogP contribution in [0.15, 0.2) is 0 Å². The van der Waals surface area contributed by atoms with Crippen molar-refractivity contribution in [1.82, 2.24) is 4.90 Å². The van der Waals surface area contributed by atoms with E-state index in [0.717, 1.165) is 12.5 Å². The largest absolute Gasteiger partial charge is 0.395 e. The van der Waals surface area contributed by atoms with Gasteiger partial charge in [0.1, 0.15) is 0 Å². The fourth-order valence-corrected chi connectivity index (χ4v) is 1.25. The number of rotatable bonds is 5. The van der Waals surface area contributed by atoms with Gasteiger partial charge in [0.25, 0.3) is 0 Å². The van der Waals surface area contributed by atoms with Crippen LogP contribution in [0, 0.1) is 5.92 Å². The number of nitrogens with zero attached hydrogens (tertiary/aromatic N) is 1. The first-order valence-electron chi connectivity index (χ1n) is 4.29. The van der Waals surface area contributed by atoms with Gasteiger partial charge in [0.15, 0.2) is 0 Å². The third-order valence-electron chi connectivity index (χ3n) is 2.35. The standard InChI is InChI=1S/C8H18N2O/c1-10(5-7-2-3-7)8(4-9)6-11/h7-8,11H,2-6,9H2,1H3. The molecule has 1 rings (SSSR count). The lowest BCUT2D eigenvalue weighted by Crippen LogP contribution is -2.41. The van der Waals surface area contributed by atoms with E-state index in [9.17, 15) is 0 Å². The second-order valence-electron chi connectivity index (χ2n) is 3.46. The van der Waals surface area contributed by atoms with E-state index in [0.29, 0.717) is 6.54 Å². The summed E-state index contributed by atoms with van der Waals surface area (Å²) < 4.78 is 0. The van der Waals surface area contributed by atoms with Crippen molar-refractivity contribution in [3.8, 4) is 0 Å². The maximum Gasteiger partial charge on any atom is 0.0599 e. The first kappa shape index (κ1) is 8.97. The van der Waals surface area contributed by atoms with Crippen LogP contribution >= 0.6 is 0 Å². The lowest BCUT2D eigenvalue weighted by atomic mass is 10.2. The normalized spacial score (nSPS) is 20.7. The highest BCUT2D eigenvalue weighted by Crippen LogP contribution is 2.29. The van der Waals surface area contributed by atoms with Gasteiger partial charge in [-0.25, -0.2) is 0 Å². The van der Waals surface area contributed by atoms with Gasteiger partial charge in [-0.15, -0.1) is 0 Å². The predicted octanol–water partition coefficient (Wildman–Crippen LogP) is -0.352. The molecule has 1 atom stereocenters. The fraction of sp³-hybridized carbons (Fsp3) is 1.00. The minimum atomic E-state index is 0.163. The van der Waals surface area contributed by atoms with Gasteiger partial charge in [-0.1, -0.05) is 0 Å². The van der Waals surface area contributed by atoms with Crippen molar-refractivity contribution in [2.75, 3.05) is 26.7 Å². The summed E-state index contributed by atoms with van der Waals surface area (Å²) >= 11 is 0. The van der Waals surface area contributed by atoms with E-state index in [1.807, 2.05) is 7.05 Å². The maximum absolute atomic E-state index is 8.91. The van der Waals surface area contributed by atoms with Gasteiger partial charge < -0.3 is 10.8 Å². The topological polar surface area (TPSA) is 49.5 Å². The van der Waals surface area contributed by atoms with Crippen LogP contribution in [0.2, 0.25) is 0 Å². The molecule has 3 N–H and O–H groups in total. The zero-order chi connectivity index (χ0) is 8.27. The van der Waals surface area contributed by atoms with Crippen LogP contribution in [-0.4, -0.2) is 42.8 Å². The number of hydrogen-bond donors (Lipinski definition) is 2. The Morgan fingerprint density at radius 2 is 2.27 bits per heavy atom. The molecular formula is C8H18N2O. The molecule has 0 heterocycles. The lowest BCUT2D eigenvalue weighted by molar-refractivity contribution is 0.147.